The fraction of sp³-hybridized carbons (Fsp3) is 0.308. The van der Waals surface area contributed by atoms with Crippen LogP contribution in [0.3, 0.4) is 0 Å². The molecule has 2 rings (SSSR count). The molecule has 0 fully saturated rings. The van der Waals surface area contributed by atoms with E-state index in [1.807, 2.05) is 42.5 Å². The Morgan fingerprint density at radius 1 is 1.39 bits per heavy atom. The third-order valence-electron chi connectivity index (χ3n) is 2.66. The molecule has 5 nitrogen and oxygen atoms in total. The molecule has 0 heterocycles. The Labute approximate surface area is 106 Å². The zero-order valence-electron chi connectivity index (χ0n) is 9.91. The lowest BCUT2D eigenvalue weighted by atomic mass is 10.2. The Morgan fingerprint density at radius 2 is 2.17 bits per heavy atom. The summed E-state index contributed by atoms with van der Waals surface area (Å²) in [6.07, 6.45) is 3.64. The lowest BCUT2D eigenvalue weighted by Crippen LogP contribution is -2.38. The van der Waals surface area contributed by atoms with Gasteiger partial charge in [0.25, 0.3) is 0 Å². The predicted molar refractivity (Wildman–Crippen MR) is 66.4 cm³/mol. The summed E-state index contributed by atoms with van der Waals surface area (Å²) in [6.45, 7) is 0.213. The minimum absolute atomic E-state index is 0.181. The highest BCUT2D eigenvalue weighted by Gasteiger charge is 2.21. The van der Waals surface area contributed by atoms with E-state index in [1.165, 1.54) is 0 Å². The van der Waals surface area contributed by atoms with Crippen LogP contribution in [0.25, 0.3) is 0 Å². The Balaban J connectivity index is 1.67. The summed E-state index contributed by atoms with van der Waals surface area (Å²) in [7, 11) is 0. The largest absolute Gasteiger partial charge is 0.443 e. The number of benzene rings is 1. The zero-order valence-corrected chi connectivity index (χ0v) is 9.91. The quantitative estimate of drug-likeness (QED) is 0.625. The third kappa shape index (κ3) is 3.58. The van der Waals surface area contributed by atoms with Gasteiger partial charge in [-0.1, -0.05) is 42.5 Å². The molecule has 1 aromatic carbocycles. The highest BCUT2D eigenvalue weighted by atomic mass is 16.7. The Hall–Kier alpha value is -1.85. The van der Waals surface area contributed by atoms with Crippen molar-refractivity contribution in [2.75, 3.05) is 0 Å². The fourth-order valence-corrected chi connectivity index (χ4v) is 1.65. The van der Waals surface area contributed by atoms with Crippen molar-refractivity contribution in [3.05, 3.63) is 48.0 Å². The van der Waals surface area contributed by atoms with Crippen LogP contribution in [0, 0.1) is 0 Å². The number of hydrogen-bond donors (Lipinski definition) is 2. The first-order valence-electron chi connectivity index (χ1n) is 5.80. The van der Waals surface area contributed by atoms with Gasteiger partial charge >= 0.3 is 6.09 Å². The van der Waals surface area contributed by atoms with Gasteiger partial charge in [0, 0.05) is 0 Å². The van der Waals surface area contributed by atoms with Gasteiger partial charge in [0.05, 0.1) is 6.04 Å². The van der Waals surface area contributed by atoms with E-state index in [-0.39, 0.29) is 18.8 Å². The van der Waals surface area contributed by atoms with Crippen LogP contribution in [0.4, 0.5) is 4.79 Å². The van der Waals surface area contributed by atoms with E-state index in [1.54, 1.807) is 0 Å². The first kappa shape index (κ1) is 12.6. The van der Waals surface area contributed by atoms with Crippen molar-refractivity contribution >= 4 is 6.09 Å². The summed E-state index contributed by atoms with van der Waals surface area (Å²) in [4.78, 5) is 16.5. The van der Waals surface area contributed by atoms with Crippen molar-refractivity contribution in [1.29, 1.82) is 0 Å². The molecule has 0 spiro atoms. The molecule has 1 unspecified atom stereocenters. The lowest BCUT2D eigenvalue weighted by molar-refractivity contribution is -0.0248. The predicted octanol–water partition coefficient (Wildman–Crippen LogP) is 1.50. The van der Waals surface area contributed by atoms with Gasteiger partial charge in [0.1, 0.15) is 12.7 Å². The molecule has 5 heteroatoms. The molecular weight excluding hydrogens is 232 g/mol. The van der Waals surface area contributed by atoms with Crippen LogP contribution in [0.2, 0.25) is 0 Å². The molecule has 0 aromatic heterocycles. The van der Waals surface area contributed by atoms with Crippen molar-refractivity contribution in [2.24, 2.45) is 5.73 Å². The first-order chi connectivity index (χ1) is 8.75. The average Bonchev–Trinajstić information content (AvgIpc) is 2.81. The van der Waals surface area contributed by atoms with Crippen molar-refractivity contribution < 1.29 is 14.4 Å². The molecule has 3 N–H and O–H groups in total. The Kier molecular flexibility index (Phi) is 4.33. The van der Waals surface area contributed by atoms with E-state index < -0.39 is 6.09 Å². The van der Waals surface area contributed by atoms with E-state index in [0.29, 0.717) is 6.42 Å². The number of rotatable bonds is 4. The van der Waals surface area contributed by atoms with E-state index in [2.05, 4.69) is 5.48 Å². The maximum Gasteiger partial charge on any atom is 0.431 e. The molecule has 0 bridgehead atoms. The standard InChI is InChI=1S/C13H16N2O3/c14-11-7-4-8-12(11)18-15-13(16)17-9-10-5-2-1-3-6-10/h1-7,11-12H,8-9,14H2,(H,15,16)/t11?,12-/m1/s1. The number of carbonyl (C=O) groups excluding carboxylic acids is 1. The van der Waals surface area contributed by atoms with E-state index in [4.69, 9.17) is 15.3 Å². The molecular formula is C13H16N2O3. The van der Waals surface area contributed by atoms with Crippen molar-refractivity contribution in [3.8, 4) is 0 Å². The topological polar surface area (TPSA) is 73.6 Å². The second-order valence-corrected chi connectivity index (χ2v) is 4.06. The second-order valence-electron chi connectivity index (χ2n) is 4.06. The van der Waals surface area contributed by atoms with Gasteiger partial charge in [-0.05, 0) is 12.0 Å². The molecule has 1 aliphatic rings. The SMILES string of the molecule is NC1C=CC[C@H]1ONC(=O)OCc1ccccc1. The molecule has 2 atom stereocenters. The molecule has 0 saturated heterocycles. The number of ether oxygens (including phenoxy) is 1. The van der Waals surface area contributed by atoms with Crippen LogP contribution < -0.4 is 11.2 Å². The van der Waals surface area contributed by atoms with Crippen LogP contribution >= 0.6 is 0 Å². The first-order valence-corrected chi connectivity index (χ1v) is 5.80. The summed E-state index contributed by atoms with van der Waals surface area (Å²) >= 11 is 0. The van der Waals surface area contributed by atoms with Crippen molar-refractivity contribution in [2.45, 2.75) is 25.2 Å². The molecule has 18 heavy (non-hydrogen) atoms. The van der Waals surface area contributed by atoms with Crippen LogP contribution in [-0.4, -0.2) is 18.2 Å². The summed E-state index contributed by atoms with van der Waals surface area (Å²) in [5.74, 6) is 0. The number of nitrogens with two attached hydrogens (primary N) is 1. The fourth-order valence-electron chi connectivity index (χ4n) is 1.65. The van der Waals surface area contributed by atoms with Gasteiger partial charge in [0.2, 0.25) is 0 Å². The summed E-state index contributed by atoms with van der Waals surface area (Å²) < 4.78 is 4.99. The molecule has 1 aromatic rings. The van der Waals surface area contributed by atoms with Crippen LogP contribution in [0.15, 0.2) is 42.5 Å². The molecule has 1 amide bonds. The van der Waals surface area contributed by atoms with Crippen LogP contribution in [0.1, 0.15) is 12.0 Å². The maximum atomic E-state index is 11.4. The van der Waals surface area contributed by atoms with Crippen LogP contribution in [-0.2, 0) is 16.2 Å². The monoisotopic (exact) mass is 248 g/mol. The molecule has 0 aliphatic heterocycles. The van der Waals surface area contributed by atoms with E-state index in [9.17, 15) is 4.79 Å². The van der Waals surface area contributed by atoms with Gasteiger partial charge in [-0.3, -0.25) is 4.84 Å². The minimum Gasteiger partial charge on any atom is -0.443 e. The molecule has 0 radical (unpaired) electrons. The highest BCUT2D eigenvalue weighted by Crippen LogP contribution is 2.11. The summed E-state index contributed by atoms with van der Waals surface area (Å²) in [6, 6.07) is 9.25. The van der Waals surface area contributed by atoms with Gasteiger partial charge in [-0.25, -0.2) is 4.79 Å². The number of nitrogens with one attached hydrogen (secondary N) is 1. The Morgan fingerprint density at radius 3 is 2.83 bits per heavy atom. The van der Waals surface area contributed by atoms with Crippen LogP contribution in [0.5, 0.6) is 0 Å². The average molecular weight is 248 g/mol. The van der Waals surface area contributed by atoms with Gasteiger partial charge in [-0.15, -0.1) is 0 Å². The zero-order chi connectivity index (χ0) is 12.8. The third-order valence-corrected chi connectivity index (χ3v) is 2.66. The van der Waals surface area contributed by atoms with E-state index >= 15 is 0 Å². The smallest absolute Gasteiger partial charge is 0.431 e. The van der Waals surface area contributed by atoms with Crippen molar-refractivity contribution in [1.82, 2.24) is 5.48 Å². The molecule has 96 valence electrons. The normalized spacial score (nSPS) is 21.8. The van der Waals surface area contributed by atoms with Gasteiger partial charge in [0.15, 0.2) is 0 Å². The second kappa shape index (κ2) is 6.18. The number of carbonyl (C=O) groups is 1. The minimum atomic E-state index is -0.613. The maximum absolute atomic E-state index is 11.4. The summed E-state index contributed by atoms with van der Waals surface area (Å²) in [5, 5.41) is 0. The van der Waals surface area contributed by atoms with Crippen molar-refractivity contribution in [3.63, 3.8) is 0 Å². The highest BCUT2D eigenvalue weighted by molar-refractivity contribution is 5.65. The number of amides is 1. The van der Waals surface area contributed by atoms with Gasteiger partial charge in [-0.2, -0.15) is 5.48 Å². The summed E-state index contributed by atoms with van der Waals surface area (Å²) in [5.41, 5.74) is 8.89. The Bertz CT molecular complexity index is 420. The molecule has 1 aliphatic carbocycles. The lowest BCUT2D eigenvalue weighted by Gasteiger charge is -2.15. The number of hydroxylamine groups is 1. The van der Waals surface area contributed by atoms with E-state index in [0.717, 1.165) is 5.56 Å². The van der Waals surface area contributed by atoms with Gasteiger partial charge < -0.3 is 10.5 Å². The number of hydrogen-bond acceptors (Lipinski definition) is 4. The molecule has 0 saturated carbocycles.